The van der Waals surface area contributed by atoms with E-state index in [2.05, 4.69) is 9.97 Å². The minimum atomic E-state index is -0.222. The number of H-pyrrole nitrogens is 2. The topological polar surface area (TPSA) is 69.0 Å². The zero-order valence-corrected chi connectivity index (χ0v) is 8.62. The van der Waals surface area contributed by atoms with E-state index in [0.717, 1.165) is 29.7 Å². The maximum absolute atomic E-state index is 11.6. The third-order valence-corrected chi connectivity index (χ3v) is 2.88. The van der Waals surface area contributed by atoms with Crippen LogP contribution in [0.15, 0.2) is 23.0 Å². The van der Waals surface area contributed by atoms with E-state index in [-0.39, 0.29) is 14.5 Å². The van der Waals surface area contributed by atoms with Crippen molar-refractivity contribution in [3.8, 4) is 0 Å². The van der Waals surface area contributed by atoms with Crippen LogP contribution in [0.1, 0.15) is 15.7 Å². The molecule has 0 spiro atoms. The molecule has 3 rings (SSSR count). The number of imidazole rings is 1. The molecule has 1 aliphatic rings. The first kappa shape index (κ1) is 9.21. The number of carbonyl (C=O) groups excluding carboxylic acids is 1. The highest BCUT2D eigenvalue weighted by molar-refractivity contribution is 5.96. The molecule has 1 amide bonds. The fourth-order valence-corrected chi connectivity index (χ4v) is 2.11. The lowest BCUT2D eigenvalue weighted by atomic mass is 10.2. The van der Waals surface area contributed by atoms with Gasteiger partial charge in [0.05, 0.1) is 11.0 Å². The monoisotopic (exact) mass is 221 g/mol. The summed E-state index contributed by atoms with van der Waals surface area (Å²) in [4.78, 5) is 29.8. The van der Waals surface area contributed by atoms with Crippen LogP contribution in [-0.2, 0) is 4.79 Å². The Balaban J connectivity index is 0.000000810. The number of nitrogens with one attached hydrogen (secondary N) is 2. The predicted molar refractivity (Wildman–Crippen MR) is 64.7 cm³/mol. The molecule has 5 nitrogen and oxygen atoms in total. The van der Waals surface area contributed by atoms with Crippen LogP contribution in [0.5, 0.6) is 0 Å². The summed E-state index contributed by atoms with van der Waals surface area (Å²) in [5.74, 6) is 0.150. The number of rotatable bonds is 1. The van der Waals surface area contributed by atoms with Crippen LogP contribution in [0.25, 0.3) is 11.0 Å². The van der Waals surface area contributed by atoms with E-state index in [9.17, 15) is 9.59 Å². The molecule has 86 valence electrons. The molecule has 2 N–H and O–H groups in total. The Morgan fingerprint density at radius 1 is 1.19 bits per heavy atom. The molecule has 0 atom stereocenters. The van der Waals surface area contributed by atoms with Gasteiger partial charge >= 0.3 is 5.69 Å². The largest absolute Gasteiger partial charge is 0.323 e. The molecule has 1 aromatic carbocycles. The minimum Gasteiger partial charge on any atom is -0.312 e. The molecule has 0 saturated carbocycles. The van der Waals surface area contributed by atoms with Gasteiger partial charge in [0.25, 0.3) is 0 Å². The van der Waals surface area contributed by atoms with Crippen molar-refractivity contribution in [3.05, 3.63) is 28.7 Å². The van der Waals surface area contributed by atoms with E-state index in [0.29, 0.717) is 6.42 Å². The molecular weight excluding hydrogens is 206 g/mol. The van der Waals surface area contributed by atoms with Crippen molar-refractivity contribution in [2.45, 2.75) is 12.8 Å². The van der Waals surface area contributed by atoms with Crippen LogP contribution in [0.4, 0.5) is 5.69 Å². The number of aromatic amines is 2. The molecule has 0 radical (unpaired) electrons. The van der Waals surface area contributed by atoms with Gasteiger partial charge in [-0.25, -0.2) is 4.79 Å². The Kier molecular flexibility index (Phi) is 1.86. The summed E-state index contributed by atoms with van der Waals surface area (Å²) in [6, 6.07) is 5.50. The lowest BCUT2D eigenvalue weighted by molar-refractivity contribution is -0.117. The van der Waals surface area contributed by atoms with Gasteiger partial charge in [-0.1, -0.05) is 0 Å². The van der Waals surface area contributed by atoms with E-state index in [1.165, 1.54) is 0 Å². The summed E-state index contributed by atoms with van der Waals surface area (Å²) in [5.41, 5.74) is 2.13. The SMILES string of the molecule is O=C1CCCN1c1ccc2[nH]c(=O)[nH]c2c1.[HH].[HH]. The fraction of sp³-hybridized carbons (Fsp3) is 0.273. The fourth-order valence-electron chi connectivity index (χ4n) is 2.11. The summed E-state index contributed by atoms with van der Waals surface area (Å²) < 4.78 is 0. The first-order valence-corrected chi connectivity index (χ1v) is 5.26. The average molecular weight is 221 g/mol. The van der Waals surface area contributed by atoms with Gasteiger partial charge in [0.1, 0.15) is 0 Å². The summed E-state index contributed by atoms with van der Waals surface area (Å²) in [7, 11) is 0. The molecule has 1 aromatic heterocycles. The van der Waals surface area contributed by atoms with Gasteiger partial charge in [-0.05, 0) is 24.6 Å². The highest BCUT2D eigenvalue weighted by atomic mass is 16.2. The second-order valence-corrected chi connectivity index (χ2v) is 3.96. The molecule has 2 heterocycles. The van der Waals surface area contributed by atoms with Gasteiger partial charge in [0.15, 0.2) is 0 Å². The van der Waals surface area contributed by atoms with E-state index in [1.807, 2.05) is 18.2 Å². The Labute approximate surface area is 94.0 Å². The second-order valence-electron chi connectivity index (χ2n) is 3.96. The van der Waals surface area contributed by atoms with E-state index >= 15 is 0 Å². The third kappa shape index (κ3) is 1.32. The van der Waals surface area contributed by atoms with Gasteiger partial charge in [-0.2, -0.15) is 0 Å². The number of fused-ring (bicyclic) bond motifs is 1. The Morgan fingerprint density at radius 2 is 2.00 bits per heavy atom. The van der Waals surface area contributed by atoms with Crippen molar-refractivity contribution in [3.63, 3.8) is 0 Å². The standard InChI is InChI=1S/C11H11N3O2.2H2/c15-10-2-1-5-14(10)7-3-4-8-9(6-7)13-11(16)12-8;;/h3-4,6H,1-2,5H2,(H2,12,13,16);2*1H. The molecule has 1 saturated heterocycles. The van der Waals surface area contributed by atoms with Gasteiger partial charge in [-0.15, -0.1) is 0 Å². The van der Waals surface area contributed by atoms with Crippen LogP contribution in [0.2, 0.25) is 0 Å². The highest BCUT2D eigenvalue weighted by Crippen LogP contribution is 2.23. The molecule has 1 fully saturated rings. The quantitative estimate of drug-likeness (QED) is 0.765. The first-order chi connectivity index (χ1) is 7.74. The lowest BCUT2D eigenvalue weighted by Crippen LogP contribution is -2.23. The summed E-state index contributed by atoms with van der Waals surface area (Å²) in [5, 5.41) is 0. The number of nitrogens with zero attached hydrogens (tertiary/aromatic N) is 1. The van der Waals surface area contributed by atoms with Crippen molar-refractivity contribution >= 4 is 22.6 Å². The molecule has 1 aliphatic heterocycles. The first-order valence-electron chi connectivity index (χ1n) is 5.26. The number of hydrogen-bond acceptors (Lipinski definition) is 2. The van der Waals surface area contributed by atoms with Crippen LogP contribution >= 0.6 is 0 Å². The number of amides is 1. The van der Waals surface area contributed by atoms with E-state index in [1.54, 1.807) is 4.90 Å². The van der Waals surface area contributed by atoms with Crippen LogP contribution in [0.3, 0.4) is 0 Å². The molecule has 0 unspecified atom stereocenters. The van der Waals surface area contributed by atoms with E-state index < -0.39 is 0 Å². The zero-order valence-electron chi connectivity index (χ0n) is 8.62. The number of anilines is 1. The number of carbonyl (C=O) groups is 1. The van der Waals surface area contributed by atoms with Gasteiger partial charge in [-0.3, -0.25) is 4.79 Å². The van der Waals surface area contributed by atoms with Gasteiger partial charge in [0, 0.05) is 21.5 Å². The third-order valence-electron chi connectivity index (χ3n) is 2.88. The number of hydrogen-bond donors (Lipinski definition) is 2. The predicted octanol–water partition coefficient (Wildman–Crippen LogP) is 1.47. The molecule has 0 aliphatic carbocycles. The van der Waals surface area contributed by atoms with Gasteiger partial charge in [0.2, 0.25) is 5.91 Å². The van der Waals surface area contributed by atoms with Gasteiger partial charge < -0.3 is 14.9 Å². The van der Waals surface area contributed by atoms with E-state index in [4.69, 9.17) is 0 Å². The molecule has 5 heteroatoms. The van der Waals surface area contributed by atoms with Crippen molar-refractivity contribution in [2.75, 3.05) is 11.4 Å². The van der Waals surface area contributed by atoms with Crippen molar-refractivity contribution < 1.29 is 7.65 Å². The lowest BCUT2D eigenvalue weighted by Gasteiger charge is -2.15. The zero-order chi connectivity index (χ0) is 11.1. The van der Waals surface area contributed by atoms with Crippen LogP contribution < -0.4 is 10.6 Å². The smallest absolute Gasteiger partial charge is 0.312 e. The second kappa shape index (κ2) is 3.23. The van der Waals surface area contributed by atoms with Crippen LogP contribution in [-0.4, -0.2) is 22.4 Å². The average Bonchev–Trinajstić information content (AvgIpc) is 2.81. The summed E-state index contributed by atoms with van der Waals surface area (Å²) in [6.45, 7) is 0.763. The molecule has 16 heavy (non-hydrogen) atoms. The molecule has 0 bridgehead atoms. The summed E-state index contributed by atoms with van der Waals surface area (Å²) >= 11 is 0. The molecular formula is C11H15N3O2. The van der Waals surface area contributed by atoms with Crippen molar-refractivity contribution in [1.29, 1.82) is 0 Å². The summed E-state index contributed by atoms with van der Waals surface area (Å²) in [6.07, 6.45) is 1.52. The Hall–Kier alpha value is -2.04. The Morgan fingerprint density at radius 3 is 2.75 bits per heavy atom. The van der Waals surface area contributed by atoms with Crippen molar-refractivity contribution in [2.24, 2.45) is 0 Å². The van der Waals surface area contributed by atoms with Crippen LogP contribution in [0, 0.1) is 0 Å². The number of benzene rings is 1. The Bertz CT molecular complexity index is 620. The van der Waals surface area contributed by atoms with Crippen molar-refractivity contribution in [1.82, 2.24) is 9.97 Å². The minimum absolute atomic E-state index is 0. The highest BCUT2D eigenvalue weighted by Gasteiger charge is 2.21. The maximum Gasteiger partial charge on any atom is 0.323 e. The normalized spacial score (nSPS) is 16.2. The maximum atomic E-state index is 11.6. The molecule has 2 aromatic rings. The number of aromatic nitrogens is 2.